The summed E-state index contributed by atoms with van der Waals surface area (Å²) in [6, 6.07) is 0. The van der Waals surface area contributed by atoms with Crippen LogP contribution in [-0.4, -0.2) is 21.8 Å². The second-order valence-corrected chi connectivity index (χ2v) is 4.32. The lowest BCUT2D eigenvalue weighted by atomic mass is 9.80. The van der Waals surface area contributed by atoms with E-state index in [2.05, 4.69) is 0 Å². The van der Waals surface area contributed by atoms with Gasteiger partial charge in [0.15, 0.2) is 0 Å². The van der Waals surface area contributed by atoms with Crippen molar-refractivity contribution in [2.75, 3.05) is 0 Å². The molecule has 1 aliphatic carbocycles. The summed E-state index contributed by atoms with van der Waals surface area (Å²) in [5.41, 5.74) is -0.947. The number of hydrogen-bond donors (Lipinski definition) is 2. The molecule has 82 valence electrons. The van der Waals surface area contributed by atoms with Gasteiger partial charge in [0.05, 0.1) is 11.5 Å². The van der Waals surface area contributed by atoms with Gasteiger partial charge in [-0.2, -0.15) is 0 Å². The van der Waals surface area contributed by atoms with Gasteiger partial charge in [0.25, 0.3) is 0 Å². The third-order valence-electron chi connectivity index (χ3n) is 3.32. The summed E-state index contributed by atoms with van der Waals surface area (Å²) in [7, 11) is 0. The van der Waals surface area contributed by atoms with Crippen LogP contribution < -0.4 is 0 Å². The van der Waals surface area contributed by atoms with E-state index < -0.39 is 17.5 Å². The first-order chi connectivity index (χ1) is 6.60. The third-order valence-corrected chi connectivity index (χ3v) is 3.32. The second kappa shape index (κ2) is 4.78. The van der Waals surface area contributed by atoms with Crippen molar-refractivity contribution in [1.82, 2.24) is 0 Å². The van der Waals surface area contributed by atoms with Gasteiger partial charge in [0.1, 0.15) is 0 Å². The molecule has 1 atom stereocenters. The lowest BCUT2D eigenvalue weighted by Gasteiger charge is -2.32. The Kier molecular flexibility index (Phi) is 3.93. The van der Waals surface area contributed by atoms with Crippen LogP contribution in [0.25, 0.3) is 0 Å². The highest BCUT2D eigenvalue weighted by atomic mass is 16.4. The molecule has 1 rings (SSSR count). The van der Waals surface area contributed by atoms with E-state index in [1.165, 1.54) is 0 Å². The van der Waals surface area contributed by atoms with E-state index in [-0.39, 0.29) is 0 Å². The van der Waals surface area contributed by atoms with Crippen LogP contribution in [0.3, 0.4) is 0 Å². The van der Waals surface area contributed by atoms with E-state index in [9.17, 15) is 9.90 Å². The van der Waals surface area contributed by atoms with Crippen molar-refractivity contribution in [2.45, 2.75) is 57.5 Å². The molecule has 0 amide bonds. The van der Waals surface area contributed by atoms with Gasteiger partial charge in [-0.25, -0.2) is 0 Å². The molecule has 2 N–H and O–H groups in total. The predicted molar refractivity (Wildman–Crippen MR) is 54.1 cm³/mol. The Morgan fingerprint density at radius 1 is 1.29 bits per heavy atom. The highest BCUT2D eigenvalue weighted by Crippen LogP contribution is 2.35. The predicted octanol–water partition coefficient (Wildman–Crippen LogP) is 2.18. The third kappa shape index (κ3) is 2.47. The molecule has 0 aromatic heterocycles. The van der Waals surface area contributed by atoms with Gasteiger partial charge in [-0.05, 0) is 19.3 Å². The number of hydrogen-bond acceptors (Lipinski definition) is 2. The van der Waals surface area contributed by atoms with Gasteiger partial charge in [-0.3, -0.25) is 4.79 Å². The maximum absolute atomic E-state index is 11.0. The van der Waals surface area contributed by atoms with Crippen LogP contribution in [0.2, 0.25) is 0 Å². The van der Waals surface area contributed by atoms with Crippen molar-refractivity contribution in [3.05, 3.63) is 0 Å². The Morgan fingerprint density at radius 2 is 1.79 bits per heavy atom. The number of carbonyl (C=O) groups is 1. The van der Waals surface area contributed by atoms with Crippen LogP contribution in [0, 0.1) is 5.92 Å². The number of rotatable bonds is 3. The van der Waals surface area contributed by atoms with E-state index >= 15 is 0 Å². The summed E-state index contributed by atoms with van der Waals surface area (Å²) in [6.45, 7) is 1.83. The number of carboxylic acids is 1. The van der Waals surface area contributed by atoms with Gasteiger partial charge in [0.2, 0.25) is 0 Å². The summed E-state index contributed by atoms with van der Waals surface area (Å²) in [5.74, 6) is -1.43. The first-order valence-electron chi connectivity index (χ1n) is 5.55. The van der Waals surface area contributed by atoms with Gasteiger partial charge in [0, 0.05) is 0 Å². The zero-order valence-corrected chi connectivity index (χ0v) is 8.83. The monoisotopic (exact) mass is 200 g/mol. The lowest BCUT2D eigenvalue weighted by molar-refractivity contribution is -0.153. The van der Waals surface area contributed by atoms with Gasteiger partial charge in [-0.15, -0.1) is 0 Å². The molecule has 3 heteroatoms. The molecule has 0 radical (unpaired) electrons. The van der Waals surface area contributed by atoms with Crippen LogP contribution in [0.4, 0.5) is 0 Å². The molecular formula is C11H20O3. The number of aliphatic hydroxyl groups is 1. The molecule has 0 heterocycles. The van der Waals surface area contributed by atoms with Crippen molar-refractivity contribution >= 4 is 5.97 Å². The van der Waals surface area contributed by atoms with E-state index in [0.29, 0.717) is 19.3 Å². The van der Waals surface area contributed by atoms with Crippen molar-refractivity contribution in [3.8, 4) is 0 Å². The Bertz CT molecular complexity index is 193. The summed E-state index contributed by atoms with van der Waals surface area (Å²) in [4.78, 5) is 11.0. The molecule has 0 bridgehead atoms. The standard InChI is InChI=1S/C11H20O3/c1-2-9(10(12)13)11(14)7-5-3-4-6-8-11/h9,14H,2-8H2,1H3,(H,12,13). The van der Waals surface area contributed by atoms with Crippen LogP contribution in [0.15, 0.2) is 0 Å². The minimum absolute atomic E-state index is 0.520. The minimum atomic E-state index is -0.947. The van der Waals surface area contributed by atoms with E-state index in [4.69, 9.17) is 5.11 Å². The topological polar surface area (TPSA) is 57.5 Å². The molecule has 1 fully saturated rings. The largest absolute Gasteiger partial charge is 0.481 e. The van der Waals surface area contributed by atoms with E-state index in [1.807, 2.05) is 6.92 Å². The maximum Gasteiger partial charge on any atom is 0.309 e. The summed E-state index contributed by atoms with van der Waals surface area (Å²) in [5, 5.41) is 19.3. The van der Waals surface area contributed by atoms with Crippen LogP contribution in [0.5, 0.6) is 0 Å². The molecule has 1 unspecified atom stereocenters. The molecule has 0 spiro atoms. The molecule has 0 saturated heterocycles. The first-order valence-corrected chi connectivity index (χ1v) is 5.55. The van der Waals surface area contributed by atoms with Crippen molar-refractivity contribution < 1.29 is 15.0 Å². The molecule has 14 heavy (non-hydrogen) atoms. The van der Waals surface area contributed by atoms with Crippen molar-refractivity contribution in [1.29, 1.82) is 0 Å². The zero-order valence-electron chi connectivity index (χ0n) is 8.83. The summed E-state index contributed by atoms with van der Waals surface area (Å²) in [6.07, 6.45) is 5.98. The average Bonchev–Trinajstić information content (AvgIpc) is 2.31. The van der Waals surface area contributed by atoms with Gasteiger partial charge in [-0.1, -0.05) is 32.6 Å². The van der Waals surface area contributed by atoms with E-state index in [1.54, 1.807) is 0 Å². The Balaban J connectivity index is 2.72. The summed E-state index contributed by atoms with van der Waals surface area (Å²) < 4.78 is 0. The molecule has 0 aromatic rings. The van der Waals surface area contributed by atoms with Crippen LogP contribution in [-0.2, 0) is 4.79 Å². The van der Waals surface area contributed by atoms with Gasteiger partial charge >= 0.3 is 5.97 Å². The lowest BCUT2D eigenvalue weighted by Crippen LogP contribution is -2.41. The molecule has 3 nitrogen and oxygen atoms in total. The fourth-order valence-electron chi connectivity index (χ4n) is 2.47. The van der Waals surface area contributed by atoms with Crippen LogP contribution >= 0.6 is 0 Å². The molecular weight excluding hydrogens is 180 g/mol. The highest BCUT2D eigenvalue weighted by Gasteiger charge is 2.40. The average molecular weight is 200 g/mol. The summed E-state index contributed by atoms with van der Waals surface area (Å²) >= 11 is 0. The first kappa shape index (κ1) is 11.5. The quantitative estimate of drug-likeness (QED) is 0.686. The Morgan fingerprint density at radius 3 is 2.14 bits per heavy atom. The van der Waals surface area contributed by atoms with E-state index in [0.717, 1.165) is 25.7 Å². The molecule has 1 aliphatic rings. The number of aliphatic carboxylic acids is 1. The fraction of sp³-hybridized carbons (Fsp3) is 0.909. The van der Waals surface area contributed by atoms with Crippen molar-refractivity contribution in [2.24, 2.45) is 5.92 Å². The van der Waals surface area contributed by atoms with Crippen molar-refractivity contribution in [3.63, 3.8) is 0 Å². The normalized spacial score (nSPS) is 23.9. The van der Waals surface area contributed by atoms with Crippen LogP contribution in [0.1, 0.15) is 51.9 Å². The SMILES string of the molecule is CCC(C(=O)O)C1(O)CCCCCC1. The minimum Gasteiger partial charge on any atom is -0.481 e. The Labute approximate surface area is 85.1 Å². The smallest absolute Gasteiger partial charge is 0.309 e. The Hall–Kier alpha value is -0.570. The second-order valence-electron chi connectivity index (χ2n) is 4.32. The molecule has 1 saturated carbocycles. The fourth-order valence-corrected chi connectivity index (χ4v) is 2.47. The number of carboxylic acid groups (broad SMARTS) is 1. The zero-order chi connectivity index (χ0) is 10.6. The van der Waals surface area contributed by atoms with Gasteiger partial charge < -0.3 is 10.2 Å². The maximum atomic E-state index is 11.0. The molecule has 0 aliphatic heterocycles. The molecule has 0 aromatic carbocycles. The highest BCUT2D eigenvalue weighted by molar-refractivity contribution is 5.71.